The van der Waals surface area contributed by atoms with E-state index in [1.807, 2.05) is 6.07 Å². The molecule has 2 aromatic carbocycles. The van der Waals surface area contributed by atoms with E-state index in [1.165, 1.54) is 23.6 Å². The van der Waals surface area contributed by atoms with Gasteiger partial charge in [-0.05, 0) is 66.3 Å². The highest BCUT2D eigenvalue weighted by molar-refractivity contribution is 7.91. The fourth-order valence-electron chi connectivity index (χ4n) is 3.07. The van der Waals surface area contributed by atoms with Gasteiger partial charge in [0.15, 0.2) is 15.8 Å². The second-order valence-electron chi connectivity index (χ2n) is 6.36. The Labute approximate surface area is 159 Å². The largest absolute Gasteiger partial charge is 0.370 e. The lowest BCUT2D eigenvalue weighted by molar-refractivity contribution is 0.597. The van der Waals surface area contributed by atoms with Gasteiger partial charge in [0.1, 0.15) is 0 Å². The molecule has 0 amide bonds. The van der Waals surface area contributed by atoms with E-state index >= 15 is 0 Å². The van der Waals surface area contributed by atoms with Crippen LogP contribution in [0.25, 0.3) is 0 Å². The molecule has 0 saturated carbocycles. The Bertz CT molecular complexity index is 955. The highest BCUT2D eigenvalue weighted by Gasteiger charge is 2.14. The van der Waals surface area contributed by atoms with E-state index in [9.17, 15) is 8.42 Å². The fraction of sp³-hybridized carbons (Fsp3) is 0.316. The lowest BCUT2D eigenvalue weighted by Crippen LogP contribution is -2.22. The molecule has 5 nitrogen and oxygen atoms in total. The van der Waals surface area contributed by atoms with Crippen LogP contribution in [0.2, 0.25) is 5.02 Å². The molecule has 0 fully saturated rings. The van der Waals surface area contributed by atoms with Crippen LogP contribution in [0.4, 0.5) is 5.69 Å². The van der Waals surface area contributed by atoms with E-state index in [-0.39, 0.29) is 23.2 Å². The SMILES string of the molecule is CCS(=O)(=O)c1cc(Cl)cc(CN=C(N)Nc2ccc3c(c2)CCC3)c1. The lowest BCUT2D eigenvalue weighted by Gasteiger charge is -2.09. The number of nitrogens with zero attached hydrogens (tertiary/aromatic N) is 1. The van der Waals surface area contributed by atoms with Crippen LogP contribution in [-0.4, -0.2) is 20.1 Å². The minimum absolute atomic E-state index is 0.0259. The van der Waals surface area contributed by atoms with Gasteiger partial charge in [0, 0.05) is 10.7 Å². The van der Waals surface area contributed by atoms with Gasteiger partial charge >= 0.3 is 0 Å². The number of fused-ring (bicyclic) bond motifs is 1. The van der Waals surface area contributed by atoms with E-state index < -0.39 is 9.84 Å². The van der Waals surface area contributed by atoms with Gasteiger partial charge < -0.3 is 11.1 Å². The second-order valence-corrected chi connectivity index (χ2v) is 9.08. The van der Waals surface area contributed by atoms with Crippen molar-refractivity contribution >= 4 is 33.1 Å². The van der Waals surface area contributed by atoms with E-state index in [0.29, 0.717) is 10.6 Å². The summed E-state index contributed by atoms with van der Waals surface area (Å²) in [6.45, 7) is 1.85. The number of aliphatic imine (C=N–C) groups is 1. The molecule has 0 aromatic heterocycles. The molecule has 0 bridgehead atoms. The first-order valence-electron chi connectivity index (χ1n) is 8.58. The number of rotatable bonds is 5. The summed E-state index contributed by atoms with van der Waals surface area (Å²) in [5, 5.41) is 3.46. The molecular weight excluding hydrogens is 370 g/mol. The maximum Gasteiger partial charge on any atom is 0.193 e. The minimum Gasteiger partial charge on any atom is -0.370 e. The molecule has 0 unspecified atom stereocenters. The van der Waals surface area contributed by atoms with Crippen LogP contribution in [-0.2, 0) is 29.2 Å². The number of aryl methyl sites for hydroxylation is 2. The molecule has 0 atom stereocenters. The monoisotopic (exact) mass is 391 g/mol. The molecule has 0 spiro atoms. The number of anilines is 1. The number of halogens is 1. The van der Waals surface area contributed by atoms with Gasteiger partial charge in [0.05, 0.1) is 17.2 Å². The number of hydrogen-bond acceptors (Lipinski definition) is 3. The molecule has 0 radical (unpaired) electrons. The van der Waals surface area contributed by atoms with Crippen molar-refractivity contribution in [1.29, 1.82) is 0 Å². The predicted octanol–water partition coefficient (Wildman–Crippen LogP) is 3.55. The van der Waals surface area contributed by atoms with E-state index in [2.05, 4.69) is 22.4 Å². The molecule has 26 heavy (non-hydrogen) atoms. The number of guanidine groups is 1. The second kappa shape index (κ2) is 7.68. The summed E-state index contributed by atoms with van der Waals surface area (Å²) in [6, 6.07) is 11.0. The Morgan fingerprint density at radius 3 is 2.73 bits per heavy atom. The molecule has 0 saturated heterocycles. The van der Waals surface area contributed by atoms with Gasteiger partial charge in [-0.1, -0.05) is 24.6 Å². The van der Waals surface area contributed by atoms with Gasteiger partial charge in [-0.25, -0.2) is 13.4 Å². The third-order valence-electron chi connectivity index (χ3n) is 4.47. The molecule has 0 aliphatic heterocycles. The maximum absolute atomic E-state index is 12.0. The summed E-state index contributed by atoms with van der Waals surface area (Å²) >= 11 is 6.05. The van der Waals surface area contributed by atoms with Gasteiger partial charge in [0.25, 0.3) is 0 Å². The van der Waals surface area contributed by atoms with Crippen LogP contribution in [0.3, 0.4) is 0 Å². The first-order chi connectivity index (χ1) is 12.4. The third-order valence-corrected chi connectivity index (χ3v) is 6.41. The number of sulfone groups is 1. The lowest BCUT2D eigenvalue weighted by atomic mass is 10.1. The summed E-state index contributed by atoms with van der Waals surface area (Å²) in [6.07, 6.45) is 3.43. The van der Waals surface area contributed by atoms with E-state index in [1.54, 1.807) is 19.1 Å². The normalized spacial score (nSPS) is 14.3. The summed E-state index contributed by atoms with van der Waals surface area (Å²) in [4.78, 5) is 4.51. The molecule has 1 aliphatic rings. The Balaban J connectivity index is 1.73. The van der Waals surface area contributed by atoms with Crippen molar-refractivity contribution in [2.75, 3.05) is 11.1 Å². The van der Waals surface area contributed by atoms with Crippen LogP contribution in [0, 0.1) is 0 Å². The number of nitrogens with one attached hydrogen (secondary N) is 1. The zero-order valence-corrected chi connectivity index (χ0v) is 16.2. The third kappa shape index (κ3) is 4.37. The van der Waals surface area contributed by atoms with Crippen LogP contribution >= 0.6 is 11.6 Å². The van der Waals surface area contributed by atoms with Crippen LogP contribution < -0.4 is 11.1 Å². The Morgan fingerprint density at radius 2 is 1.96 bits per heavy atom. The zero-order chi connectivity index (χ0) is 18.7. The Morgan fingerprint density at radius 1 is 1.19 bits per heavy atom. The van der Waals surface area contributed by atoms with Gasteiger partial charge in [-0.15, -0.1) is 0 Å². The highest BCUT2D eigenvalue weighted by Crippen LogP contribution is 2.25. The van der Waals surface area contributed by atoms with Crippen molar-refractivity contribution in [3.05, 3.63) is 58.1 Å². The molecular formula is C19H22ClN3O2S. The van der Waals surface area contributed by atoms with Crippen LogP contribution in [0.1, 0.15) is 30.0 Å². The topological polar surface area (TPSA) is 84.5 Å². The molecule has 2 aromatic rings. The molecule has 1 aliphatic carbocycles. The predicted molar refractivity (Wildman–Crippen MR) is 107 cm³/mol. The van der Waals surface area contributed by atoms with E-state index in [0.717, 1.165) is 18.5 Å². The fourth-order valence-corrected chi connectivity index (χ4v) is 4.36. The summed E-state index contributed by atoms with van der Waals surface area (Å²) in [5.41, 5.74) is 10.3. The van der Waals surface area contributed by atoms with Crippen molar-refractivity contribution in [2.45, 2.75) is 37.6 Å². The number of hydrogen-bond donors (Lipinski definition) is 2. The summed E-state index contributed by atoms with van der Waals surface area (Å²) in [5.74, 6) is 0.306. The van der Waals surface area contributed by atoms with Crippen molar-refractivity contribution in [3.63, 3.8) is 0 Å². The Kier molecular flexibility index (Phi) is 5.53. The molecule has 138 valence electrons. The van der Waals surface area contributed by atoms with Crippen LogP contribution in [0.5, 0.6) is 0 Å². The van der Waals surface area contributed by atoms with Gasteiger partial charge in [-0.2, -0.15) is 0 Å². The van der Waals surface area contributed by atoms with Crippen LogP contribution in [0.15, 0.2) is 46.3 Å². The van der Waals surface area contributed by atoms with Gasteiger partial charge in [0.2, 0.25) is 0 Å². The summed E-state index contributed by atoms with van der Waals surface area (Å²) in [7, 11) is -3.32. The Hall–Kier alpha value is -2.05. The first kappa shape index (κ1) is 18.7. The van der Waals surface area contributed by atoms with Crippen molar-refractivity contribution in [2.24, 2.45) is 10.7 Å². The smallest absolute Gasteiger partial charge is 0.193 e. The standard InChI is InChI=1S/C19H22ClN3O2S/c1-2-26(24,25)18-9-13(8-16(20)11-18)12-22-19(21)23-17-7-6-14-4-3-5-15(14)10-17/h6-11H,2-5,12H2,1H3,(H3,21,22,23). The molecule has 0 heterocycles. The van der Waals surface area contributed by atoms with Crippen molar-refractivity contribution in [1.82, 2.24) is 0 Å². The zero-order valence-electron chi connectivity index (χ0n) is 14.6. The van der Waals surface area contributed by atoms with Crippen molar-refractivity contribution < 1.29 is 8.42 Å². The maximum atomic E-state index is 12.0. The average molecular weight is 392 g/mol. The number of nitrogens with two attached hydrogens (primary N) is 1. The highest BCUT2D eigenvalue weighted by atomic mass is 35.5. The average Bonchev–Trinajstić information content (AvgIpc) is 3.07. The minimum atomic E-state index is -3.32. The number of benzene rings is 2. The quantitative estimate of drug-likeness (QED) is 0.603. The molecule has 3 N–H and O–H groups in total. The van der Waals surface area contributed by atoms with Crippen molar-refractivity contribution in [3.8, 4) is 0 Å². The van der Waals surface area contributed by atoms with Gasteiger partial charge in [-0.3, -0.25) is 0 Å². The molecule has 3 rings (SSSR count). The van der Waals surface area contributed by atoms with E-state index in [4.69, 9.17) is 17.3 Å². The summed E-state index contributed by atoms with van der Waals surface area (Å²) < 4.78 is 24.1. The first-order valence-corrected chi connectivity index (χ1v) is 10.6. The molecule has 7 heteroatoms.